The van der Waals surface area contributed by atoms with Crippen molar-refractivity contribution in [2.75, 3.05) is 0 Å². The second-order valence-electron chi connectivity index (χ2n) is 6.69. The maximum absolute atomic E-state index is 6.51. The topological polar surface area (TPSA) is 43.8 Å². The molecule has 0 bridgehead atoms. The van der Waals surface area contributed by atoms with Crippen molar-refractivity contribution < 1.29 is 0 Å². The summed E-state index contributed by atoms with van der Waals surface area (Å²) in [5.41, 5.74) is 8.99. The van der Waals surface area contributed by atoms with Crippen molar-refractivity contribution in [3.8, 4) is 0 Å². The van der Waals surface area contributed by atoms with E-state index in [1.165, 1.54) is 25.7 Å². The van der Waals surface area contributed by atoms with Crippen LogP contribution in [0.2, 0.25) is 5.15 Å². The van der Waals surface area contributed by atoms with Gasteiger partial charge >= 0.3 is 0 Å². The molecule has 1 aliphatic rings. The van der Waals surface area contributed by atoms with E-state index in [2.05, 4.69) is 18.9 Å². The van der Waals surface area contributed by atoms with E-state index in [4.69, 9.17) is 17.3 Å². The summed E-state index contributed by atoms with van der Waals surface area (Å²) in [6.45, 7) is 6.72. The van der Waals surface area contributed by atoms with E-state index < -0.39 is 0 Å². The van der Waals surface area contributed by atoms with Crippen molar-refractivity contribution in [2.24, 2.45) is 24.1 Å². The first-order chi connectivity index (χ1) is 8.83. The van der Waals surface area contributed by atoms with E-state index in [9.17, 15) is 0 Å². The molecule has 0 saturated heterocycles. The summed E-state index contributed by atoms with van der Waals surface area (Å²) < 4.78 is 1.74. The van der Waals surface area contributed by atoms with E-state index in [-0.39, 0.29) is 6.04 Å². The van der Waals surface area contributed by atoms with Crippen molar-refractivity contribution in [3.05, 3.63) is 16.4 Å². The van der Waals surface area contributed by atoms with Gasteiger partial charge in [0.05, 0.1) is 5.69 Å². The van der Waals surface area contributed by atoms with Gasteiger partial charge in [0.25, 0.3) is 0 Å². The lowest BCUT2D eigenvalue weighted by Gasteiger charge is -2.42. The zero-order valence-electron chi connectivity index (χ0n) is 12.5. The standard InChI is InChI=1S/C15H26ClN3/c1-10-11(14(16)19(4)18-10)9-13(17)12-7-5-6-8-15(12,2)3/h12-13H,5-9,17H2,1-4H3. The fraction of sp³-hybridized carbons (Fsp3) is 0.800. The largest absolute Gasteiger partial charge is 0.327 e. The maximum atomic E-state index is 6.51. The van der Waals surface area contributed by atoms with Gasteiger partial charge in [0.2, 0.25) is 0 Å². The van der Waals surface area contributed by atoms with Gasteiger partial charge in [-0.05, 0) is 37.5 Å². The third-order valence-electron chi connectivity index (χ3n) is 4.82. The molecule has 2 N–H and O–H groups in total. The van der Waals surface area contributed by atoms with E-state index >= 15 is 0 Å². The van der Waals surface area contributed by atoms with Crippen LogP contribution in [0.3, 0.4) is 0 Å². The zero-order chi connectivity index (χ0) is 14.2. The van der Waals surface area contributed by atoms with Crippen LogP contribution in [0.5, 0.6) is 0 Å². The minimum atomic E-state index is 0.177. The predicted molar refractivity (Wildman–Crippen MR) is 80.4 cm³/mol. The van der Waals surface area contributed by atoms with Crippen molar-refractivity contribution in [1.82, 2.24) is 9.78 Å². The Kier molecular flexibility index (Phi) is 4.26. The highest BCUT2D eigenvalue weighted by molar-refractivity contribution is 6.30. The minimum absolute atomic E-state index is 0.177. The molecule has 1 aromatic rings. The maximum Gasteiger partial charge on any atom is 0.130 e. The Balaban J connectivity index is 2.14. The van der Waals surface area contributed by atoms with Gasteiger partial charge in [-0.25, -0.2) is 0 Å². The minimum Gasteiger partial charge on any atom is -0.327 e. The van der Waals surface area contributed by atoms with Gasteiger partial charge in [-0.2, -0.15) is 5.10 Å². The smallest absolute Gasteiger partial charge is 0.130 e. The molecule has 19 heavy (non-hydrogen) atoms. The number of hydrogen-bond donors (Lipinski definition) is 1. The molecule has 0 aliphatic heterocycles. The highest BCUT2D eigenvalue weighted by atomic mass is 35.5. The Morgan fingerprint density at radius 3 is 2.68 bits per heavy atom. The van der Waals surface area contributed by atoms with Crippen molar-refractivity contribution in [3.63, 3.8) is 0 Å². The van der Waals surface area contributed by atoms with E-state index in [0.29, 0.717) is 11.3 Å². The molecule has 1 saturated carbocycles. The molecule has 0 amide bonds. The Labute approximate surface area is 121 Å². The van der Waals surface area contributed by atoms with Crippen LogP contribution in [0.4, 0.5) is 0 Å². The first-order valence-corrected chi connectivity index (χ1v) is 7.64. The van der Waals surface area contributed by atoms with Crippen LogP contribution in [0.25, 0.3) is 0 Å². The molecule has 0 spiro atoms. The van der Waals surface area contributed by atoms with Crippen molar-refractivity contribution >= 4 is 11.6 Å². The molecule has 0 radical (unpaired) electrons. The van der Waals surface area contributed by atoms with Gasteiger partial charge in [-0.15, -0.1) is 0 Å². The monoisotopic (exact) mass is 283 g/mol. The van der Waals surface area contributed by atoms with Crippen LogP contribution < -0.4 is 5.73 Å². The first kappa shape index (κ1) is 14.9. The Bertz CT molecular complexity index is 450. The van der Waals surface area contributed by atoms with Crippen molar-refractivity contribution in [2.45, 2.75) is 58.9 Å². The van der Waals surface area contributed by atoms with E-state index in [1.807, 2.05) is 14.0 Å². The molecule has 1 fully saturated rings. The second-order valence-corrected chi connectivity index (χ2v) is 7.05. The van der Waals surface area contributed by atoms with Crippen LogP contribution >= 0.6 is 11.6 Å². The quantitative estimate of drug-likeness (QED) is 0.923. The highest BCUT2D eigenvalue weighted by Crippen LogP contribution is 2.42. The fourth-order valence-corrected chi connectivity index (χ4v) is 3.85. The predicted octanol–water partition coefficient (Wildman–Crippen LogP) is 3.47. The average Bonchev–Trinajstić information content (AvgIpc) is 2.55. The number of halogens is 1. The summed E-state index contributed by atoms with van der Waals surface area (Å²) in [7, 11) is 1.88. The van der Waals surface area contributed by atoms with Gasteiger partial charge in [-0.3, -0.25) is 4.68 Å². The lowest BCUT2D eigenvalue weighted by molar-refractivity contribution is 0.112. The lowest BCUT2D eigenvalue weighted by atomic mass is 9.65. The summed E-state index contributed by atoms with van der Waals surface area (Å²) in [4.78, 5) is 0. The molecular weight excluding hydrogens is 258 g/mol. The summed E-state index contributed by atoms with van der Waals surface area (Å²) >= 11 is 6.31. The van der Waals surface area contributed by atoms with Gasteiger partial charge in [0, 0.05) is 18.7 Å². The third-order valence-corrected chi connectivity index (χ3v) is 5.29. The first-order valence-electron chi connectivity index (χ1n) is 7.26. The summed E-state index contributed by atoms with van der Waals surface area (Å²) in [5, 5.41) is 5.11. The molecule has 1 aromatic heterocycles. The Hall–Kier alpha value is -0.540. The third kappa shape index (κ3) is 2.97. The number of aryl methyl sites for hydroxylation is 2. The number of nitrogens with zero attached hydrogens (tertiary/aromatic N) is 2. The fourth-order valence-electron chi connectivity index (χ4n) is 3.60. The summed E-state index contributed by atoms with van der Waals surface area (Å²) in [5.74, 6) is 0.580. The molecule has 2 atom stereocenters. The molecule has 4 heteroatoms. The van der Waals surface area contributed by atoms with Gasteiger partial charge in [0.1, 0.15) is 5.15 Å². The Morgan fingerprint density at radius 1 is 1.47 bits per heavy atom. The van der Waals surface area contributed by atoms with Crippen LogP contribution in [-0.2, 0) is 13.5 Å². The van der Waals surface area contributed by atoms with Crippen molar-refractivity contribution in [1.29, 1.82) is 0 Å². The molecule has 0 aromatic carbocycles. The van der Waals surface area contributed by atoms with Crippen LogP contribution in [0.15, 0.2) is 0 Å². The summed E-state index contributed by atoms with van der Waals surface area (Å²) in [6, 6.07) is 0.177. The normalized spacial score (nSPS) is 24.4. The van der Waals surface area contributed by atoms with E-state index in [1.54, 1.807) is 4.68 Å². The molecule has 108 valence electrons. The SMILES string of the molecule is Cc1nn(C)c(Cl)c1CC(N)C1CCCCC1(C)C. The zero-order valence-corrected chi connectivity index (χ0v) is 13.3. The molecule has 1 aliphatic carbocycles. The summed E-state index contributed by atoms with van der Waals surface area (Å²) in [6.07, 6.45) is 6.01. The van der Waals surface area contributed by atoms with Crippen LogP contribution in [-0.4, -0.2) is 15.8 Å². The molecule has 3 nitrogen and oxygen atoms in total. The van der Waals surface area contributed by atoms with Gasteiger partial charge in [0.15, 0.2) is 0 Å². The average molecular weight is 284 g/mol. The van der Waals surface area contributed by atoms with E-state index in [0.717, 1.165) is 22.8 Å². The van der Waals surface area contributed by atoms with Crippen LogP contribution in [0.1, 0.15) is 50.8 Å². The van der Waals surface area contributed by atoms with Crippen LogP contribution in [0, 0.1) is 18.3 Å². The molecule has 2 unspecified atom stereocenters. The number of nitrogens with two attached hydrogens (primary N) is 1. The molecular formula is C15H26ClN3. The number of aromatic nitrogens is 2. The second kappa shape index (κ2) is 5.45. The molecule has 1 heterocycles. The number of hydrogen-bond acceptors (Lipinski definition) is 2. The lowest BCUT2D eigenvalue weighted by Crippen LogP contribution is -2.43. The Morgan fingerprint density at radius 2 is 2.16 bits per heavy atom. The number of rotatable bonds is 3. The van der Waals surface area contributed by atoms with Gasteiger partial charge in [-0.1, -0.05) is 38.3 Å². The molecule has 2 rings (SSSR count). The van der Waals surface area contributed by atoms with Gasteiger partial charge < -0.3 is 5.73 Å². The highest BCUT2D eigenvalue weighted by Gasteiger charge is 2.36.